The molecule has 0 fully saturated rings. The zero-order chi connectivity index (χ0) is 21.7. The molecule has 2 heterocycles. The first-order valence-corrected chi connectivity index (χ1v) is 10.3. The molecule has 8 nitrogen and oxygen atoms in total. The van der Waals surface area contributed by atoms with Gasteiger partial charge < -0.3 is 19.4 Å². The maximum Gasteiger partial charge on any atom is 0.408 e. The van der Waals surface area contributed by atoms with E-state index in [-0.39, 0.29) is 18.3 Å². The Bertz CT molecular complexity index is 873. The van der Waals surface area contributed by atoms with Crippen LogP contribution in [0.5, 0.6) is 0 Å². The molecular weight excluding hydrogens is 384 g/mol. The Balaban J connectivity index is 1.78. The van der Waals surface area contributed by atoms with Gasteiger partial charge in [0.25, 0.3) is 0 Å². The first kappa shape index (κ1) is 22.0. The smallest absolute Gasteiger partial charge is 0.408 e. The lowest BCUT2D eigenvalue weighted by Gasteiger charge is -2.26. The number of benzene rings is 1. The quantitative estimate of drug-likeness (QED) is 0.745. The van der Waals surface area contributed by atoms with E-state index >= 15 is 0 Å². The van der Waals surface area contributed by atoms with Gasteiger partial charge in [0.2, 0.25) is 0 Å². The molecule has 1 aromatic heterocycles. The lowest BCUT2D eigenvalue weighted by Crippen LogP contribution is -2.38. The van der Waals surface area contributed by atoms with E-state index in [1.807, 2.05) is 55.7 Å². The number of nitrogens with zero attached hydrogens (tertiary/aromatic N) is 3. The van der Waals surface area contributed by atoms with Gasteiger partial charge >= 0.3 is 6.09 Å². The predicted octanol–water partition coefficient (Wildman–Crippen LogP) is 3.53. The number of amides is 1. The van der Waals surface area contributed by atoms with Crippen LogP contribution in [0, 0.1) is 0 Å². The van der Waals surface area contributed by atoms with Crippen molar-refractivity contribution in [1.29, 1.82) is 0 Å². The SMILES string of the molecule is CC(=O)C1CCCn2c1nnc2[C@@H](COCc1ccccc1)NC(=O)OC(C)(C)C. The Labute approximate surface area is 177 Å². The molecule has 0 radical (unpaired) electrons. The molecule has 2 aromatic rings. The average Bonchev–Trinajstić information content (AvgIpc) is 3.10. The molecule has 8 heteroatoms. The second kappa shape index (κ2) is 9.38. The van der Waals surface area contributed by atoms with E-state index in [1.165, 1.54) is 0 Å². The van der Waals surface area contributed by atoms with Crippen molar-refractivity contribution in [3.63, 3.8) is 0 Å². The van der Waals surface area contributed by atoms with Gasteiger partial charge in [0, 0.05) is 6.54 Å². The molecule has 0 spiro atoms. The topological polar surface area (TPSA) is 95.3 Å². The van der Waals surface area contributed by atoms with Crippen molar-refractivity contribution in [3.05, 3.63) is 47.5 Å². The normalized spacial score (nSPS) is 17.1. The number of carbonyl (C=O) groups excluding carboxylic acids is 2. The lowest BCUT2D eigenvalue weighted by molar-refractivity contribution is -0.119. The number of ketones is 1. The van der Waals surface area contributed by atoms with Crippen molar-refractivity contribution in [2.75, 3.05) is 6.61 Å². The first-order valence-electron chi connectivity index (χ1n) is 10.3. The average molecular weight is 415 g/mol. The van der Waals surface area contributed by atoms with Crippen LogP contribution in [0.25, 0.3) is 0 Å². The molecule has 162 valence electrons. The van der Waals surface area contributed by atoms with E-state index < -0.39 is 17.7 Å². The number of nitrogens with one attached hydrogen (secondary N) is 1. The van der Waals surface area contributed by atoms with Crippen LogP contribution in [-0.2, 0) is 27.4 Å². The van der Waals surface area contributed by atoms with Crippen molar-refractivity contribution in [1.82, 2.24) is 20.1 Å². The van der Waals surface area contributed by atoms with Gasteiger partial charge in [-0.25, -0.2) is 4.79 Å². The molecule has 0 saturated carbocycles. The molecule has 0 saturated heterocycles. The van der Waals surface area contributed by atoms with Crippen molar-refractivity contribution < 1.29 is 19.1 Å². The summed E-state index contributed by atoms with van der Waals surface area (Å²) in [6.45, 7) is 8.32. The van der Waals surface area contributed by atoms with Crippen molar-refractivity contribution >= 4 is 11.9 Å². The molecular formula is C22H30N4O4. The number of ether oxygens (including phenoxy) is 2. The number of fused-ring (bicyclic) bond motifs is 1. The Morgan fingerprint density at radius 3 is 2.63 bits per heavy atom. The van der Waals surface area contributed by atoms with Crippen LogP contribution in [0.4, 0.5) is 4.79 Å². The molecule has 2 atom stereocenters. The Morgan fingerprint density at radius 1 is 1.23 bits per heavy atom. The predicted molar refractivity (Wildman–Crippen MR) is 111 cm³/mol. The molecule has 1 amide bonds. The lowest BCUT2D eigenvalue weighted by atomic mass is 9.95. The van der Waals surface area contributed by atoms with E-state index in [1.54, 1.807) is 6.92 Å². The van der Waals surface area contributed by atoms with Crippen LogP contribution in [0.1, 0.15) is 69.7 Å². The third-order valence-corrected chi connectivity index (χ3v) is 4.88. The summed E-state index contributed by atoms with van der Waals surface area (Å²) in [5.41, 5.74) is 0.414. The van der Waals surface area contributed by atoms with Crippen LogP contribution >= 0.6 is 0 Å². The minimum Gasteiger partial charge on any atom is -0.444 e. The largest absolute Gasteiger partial charge is 0.444 e. The van der Waals surface area contributed by atoms with E-state index in [0.717, 1.165) is 18.4 Å². The number of alkyl carbamates (subject to hydrolysis) is 1. The summed E-state index contributed by atoms with van der Waals surface area (Å²) in [4.78, 5) is 24.4. The minimum absolute atomic E-state index is 0.0758. The van der Waals surface area contributed by atoms with Gasteiger partial charge in [-0.3, -0.25) is 4.79 Å². The van der Waals surface area contributed by atoms with Crippen LogP contribution < -0.4 is 5.32 Å². The molecule has 1 aliphatic heterocycles. The van der Waals surface area contributed by atoms with Crippen LogP contribution in [0.15, 0.2) is 30.3 Å². The molecule has 0 bridgehead atoms. The van der Waals surface area contributed by atoms with Gasteiger partial charge in [0.1, 0.15) is 23.3 Å². The summed E-state index contributed by atoms with van der Waals surface area (Å²) >= 11 is 0. The monoisotopic (exact) mass is 414 g/mol. The zero-order valence-electron chi connectivity index (χ0n) is 18.1. The summed E-state index contributed by atoms with van der Waals surface area (Å²) < 4.78 is 13.2. The summed E-state index contributed by atoms with van der Waals surface area (Å²) in [7, 11) is 0. The molecule has 1 aliphatic rings. The van der Waals surface area contributed by atoms with Crippen LogP contribution in [0.2, 0.25) is 0 Å². The molecule has 3 rings (SSSR count). The Hall–Kier alpha value is -2.74. The number of rotatable bonds is 7. The summed E-state index contributed by atoms with van der Waals surface area (Å²) in [5, 5.41) is 11.5. The van der Waals surface area contributed by atoms with Gasteiger partial charge in [-0.15, -0.1) is 10.2 Å². The fourth-order valence-electron chi connectivity index (χ4n) is 3.54. The third-order valence-electron chi connectivity index (χ3n) is 4.88. The first-order chi connectivity index (χ1) is 14.2. The van der Waals surface area contributed by atoms with Crippen molar-refractivity contribution in [2.45, 2.75) is 71.2 Å². The third kappa shape index (κ3) is 5.66. The number of Topliss-reactive ketones (excluding diaryl/α,β-unsaturated/α-hetero) is 1. The second-order valence-electron chi connectivity index (χ2n) is 8.57. The summed E-state index contributed by atoms with van der Waals surface area (Å²) in [5.74, 6) is 1.05. The summed E-state index contributed by atoms with van der Waals surface area (Å²) in [6.07, 6.45) is 1.07. The zero-order valence-corrected chi connectivity index (χ0v) is 18.1. The van der Waals surface area contributed by atoms with E-state index in [9.17, 15) is 9.59 Å². The fraction of sp³-hybridized carbons (Fsp3) is 0.545. The van der Waals surface area contributed by atoms with Crippen molar-refractivity contribution in [3.8, 4) is 0 Å². The maximum atomic E-state index is 12.4. The van der Waals surface area contributed by atoms with E-state index in [4.69, 9.17) is 9.47 Å². The molecule has 1 aromatic carbocycles. The Kier molecular flexibility index (Phi) is 6.87. The van der Waals surface area contributed by atoms with Gasteiger partial charge in [-0.2, -0.15) is 0 Å². The number of carbonyl (C=O) groups is 2. The standard InChI is InChI=1S/C22H30N4O4/c1-15(27)17-11-8-12-26-19(17)24-25-20(26)18(23-21(28)30-22(2,3)4)14-29-13-16-9-6-5-7-10-16/h5-7,9-10,17-18H,8,11-14H2,1-4H3,(H,23,28)/t17?,18-/m1/s1. The Morgan fingerprint density at radius 2 is 1.97 bits per heavy atom. The number of hydrogen-bond donors (Lipinski definition) is 1. The van der Waals surface area contributed by atoms with Gasteiger partial charge in [-0.05, 0) is 46.1 Å². The highest BCUT2D eigenvalue weighted by Gasteiger charge is 2.32. The van der Waals surface area contributed by atoms with Gasteiger partial charge in [0.15, 0.2) is 5.82 Å². The second-order valence-corrected chi connectivity index (χ2v) is 8.57. The molecule has 30 heavy (non-hydrogen) atoms. The number of aromatic nitrogens is 3. The van der Waals surface area contributed by atoms with Crippen LogP contribution in [0.3, 0.4) is 0 Å². The fourth-order valence-corrected chi connectivity index (χ4v) is 3.54. The summed E-state index contributed by atoms with van der Waals surface area (Å²) in [6, 6.07) is 9.26. The van der Waals surface area contributed by atoms with Crippen molar-refractivity contribution in [2.24, 2.45) is 0 Å². The maximum absolute atomic E-state index is 12.4. The molecule has 1 unspecified atom stereocenters. The highest BCUT2D eigenvalue weighted by molar-refractivity contribution is 5.82. The molecule has 1 N–H and O–H groups in total. The van der Waals surface area contributed by atoms with E-state index in [2.05, 4.69) is 15.5 Å². The van der Waals surface area contributed by atoms with E-state index in [0.29, 0.717) is 24.8 Å². The van der Waals surface area contributed by atoms with Crippen LogP contribution in [-0.4, -0.2) is 38.8 Å². The highest BCUT2D eigenvalue weighted by Crippen LogP contribution is 2.29. The van der Waals surface area contributed by atoms with Gasteiger partial charge in [0.05, 0.1) is 19.1 Å². The molecule has 0 aliphatic carbocycles. The van der Waals surface area contributed by atoms with Gasteiger partial charge in [-0.1, -0.05) is 30.3 Å². The minimum atomic E-state index is -0.622. The number of hydrogen-bond acceptors (Lipinski definition) is 6. The highest BCUT2D eigenvalue weighted by atomic mass is 16.6.